The Labute approximate surface area is 403 Å². The highest BCUT2D eigenvalue weighted by Crippen LogP contribution is 2.45. The summed E-state index contributed by atoms with van der Waals surface area (Å²) in [5.41, 5.74) is 10.0. The molecular weight excluding hydrogens is 854 g/mol. The van der Waals surface area contributed by atoms with Crippen molar-refractivity contribution in [1.82, 2.24) is 0 Å². The number of anilines is 3. The smallest absolute Gasteiger partial charge is 0.179 e. The van der Waals surface area contributed by atoms with Gasteiger partial charge in [0.05, 0.1) is 0 Å². The lowest BCUT2D eigenvalue weighted by Gasteiger charge is -2.35. The maximum Gasteiger partial charge on any atom is 0.179 e. The number of halogens is 1. The number of hydrogen-bond acceptors (Lipinski definition) is 1. The Morgan fingerprint density at radius 3 is 1.10 bits per heavy atom. The summed E-state index contributed by atoms with van der Waals surface area (Å²) in [5.74, 6) is -0.265. The molecule has 0 bridgehead atoms. The Bertz CT molecular complexity index is 3580. The number of hydrogen-bond donors (Lipinski definition) is 0. The van der Waals surface area contributed by atoms with Crippen LogP contribution in [-0.2, 0) is 0 Å². The van der Waals surface area contributed by atoms with E-state index in [-0.39, 0.29) is 5.82 Å². The summed E-state index contributed by atoms with van der Waals surface area (Å²) in [4.78, 5) is 2.21. The van der Waals surface area contributed by atoms with Crippen molar-refractivity contribution in [2.45, 2.75) is 0 Å². The molecule has 0 N–H and O–H groups in total. The van der Waals surface area contributed by atoms with Gasteiger partial charge in [0.2, 0.25) is 0 Å². The van der Waals surface area contributed by atoms with Gasteiger partial charge in [0, 0.05) is 17.1 Å². The molecule has 12 aromatic carbocycles. The molecule has 0 heterocycles. The number of nitrogens with zero attached hydrogens (tertiary/aromatic N) is 1. The Hall–Kier alpha value is -8.63. The topological polar surface area (TPSA) is 3.24 Å². The molecule has 1 nitrogen and oxygen atoms in total. The standard InChI is InChI=1S/C66H46FNSi/c67-51-37-41-53(42-38-51)68(54-43-45-58(46-44-54)69(55-19-4-1-5-20-55,56-21-6-2-7-22-56)57-23-8-3-9-24-57)52-39-35-48(36-40-52)47-31-33-50(34-32-47)65-61-26-12-14-28-63(61)66(64-29-15-13-27-62(64)65)60-30-16-18-49-17-10-11-25-59(49)60/h1-46H. The fourth-order valence-electron chi connectivity index (χ4n) is 10.8. The van der Waals surface area contributed by atoms with Gasteiger partial charge in [-0.3, -0.25) is 0 Å². The van der Waals surface area contributed by atoms with Gasteiger partial charge in [0.15, 0.2) is 8.07 Å². The van der Waals surface area contributed by atoms with Gasteiger partial charge in [-0.15, -0.1) is 0 Å². The first-order valence-corrected chi connectivity index (χ1v) is 25.6. The predicted molar refractivity (Wildman–Crippen MR) is 294 cm³/mol. The minimum atomic E-state index is -2.72. The van der Waals surface area contributed by atoms with Crippen molar-refractivity contribution in [3.63, 3.8) is 0 Å². The van der Waals surface area contributed by atoms with E-state index >= 15 is 0 Å². The highest BCUT2D eigenvalue weighted by Gasteiger charge is 2.41. The van der Waals surface area contributed by atoms with Gasteiger partial charge in [-0.05, 0) is 135 Å². The first-order chi connectivity index (χ1) is 34.1. The summed E-state index contributed by atoms with van der Waals surface area (Å²) < 4.78 is 14.5. The molecule has 0 aliphatic carbocycles. The van der Waals surface area contributed by atoms with Crippen LogP contribution in [-0.4, -0.2) is 8.07 Å². The van der Waals surface area contributed by atoms with Crippen molar-refractivity contribution < 1.29 is 4.39 Å². The zero-order chi connectivity index (χ0) is 46.2. The Morgan fingerprint density at radius 1 is 0.261 bits per heavy atom. The molecule has 0 fully saturated rings. The van der Waals surface area contributed by atoms with Crippen molar-refractivity contribution in [3.05, 3.63) is 285 Å². The monoisotopic (exact) mass is 899 g/mol. The van der Waals surface area contributed by atoms with E-state index in [1.165, 1.54) is 87.5 Å². The normalized spacial score (nSPS) is 11.6. The molecule has 0 saturated heterocycles. The van der Waals surface area contributed by atoms with E-state index in [0.717, 1.165) is 28.2 Å². The van der Waals surface area contributed by atoms with E-state index < -0.39 is 8.07 Å². The van der Waals surface area contributed by atoms with Crippen LogP contribution in [0.15, 0.2) is 279 Å². The lowest BCUT2D eigenvalue weighted by Crippen LogP contribution is -2.74. The van der Waals surface area contributed by atoms with Crippen LogP contribution >= 0.6 is 0 Å². The highest BCUT2D eigenvalue weighted by molar-refractivity contribution is 7.19. The fraction of sp³-hybridized carbons (Fsp3) is 0. The first-order valence-electron chi connectivity index (χ1n) is 23.6. The molecule has 12 aromatic rings. The third-order valence-electron chi connectivity index (χ3n) is 13.9. The van der Waals surface area contributed by atoms with E-state index in [0.29, 0.717) is 0 Å². The molecule has 0 atom stereocenters. The van der Waals surface area contributed by atoms with Gasteiger partial charge in [0.1, 0.15) is 5.82 Å². The largest absolute Gasteiger partial charge is 0.311 e. The summed E-state index contributed by atoms with van der Waals surface area (Å²) >= 11 is 0. The molecule has 3 heteroatoms. The van der Waals surface area contributed by atoms with Crippen LogP contribution in [0.5, 0.6) is 0 Å². The quantitative estimate of drug-likeness (QED) is 0.0751. The van der Waals surface area contributed by atoms with Crippen LogP contribution < -0.4 is 25.6 Å². The van der Waals surface area contributed by atoms with Crippen LogP contribution in [0.2, 0.25) is 0 Å². The van der Waals surface area contributed by atoms with Crippen LogP contribution in [0.3, 0.4) is 0 Å². The minimum Gasteiger partial charge on any atom is -0.311 e. The summed E-state index contributed by atoms with van der Waals surface area (Å²) in [6.07, 6.45) is 0. The average molecular weight is 900 g/mol. The lowest BCUT2D eigenvalue weighted by molar-refractivity contribution is 0.628. The van der Waals surface area contributed by atoms with E-state index in [2.05, 4.69) is 260 Å². The SMILES string of the molecule is Fc1ccc(N(c2ccc(-c3ccc(-c4c5ccccc5c(-c5cccc6ccccc56)c5ccccc45)cc3)cc2)c2ccc([Si](c3ccccc3)(c3ccccc3)c3ccccc3)cc2)cc1. The summed E-state index contributed by atoms with van der Waals surface area (Å²) in [7, 11) is -2.72. The number of fused-ring (bicyclic) bond motifs is 3. The van der Waals surface area contributed by atoms with Crippen molar-refractivity contribution in [2.75, 3.05) is 4.90 Å². The van der Waals surface area contributed by atoms with Crippen molar-refractivity contribution in [2.24, 2.45) is 0 Å². The Kier molecular flexibility index (Phi) is 10.8. The van der Waals surface area contributed by atoms with Gasteiger partial charge >= 0.3 is 0 Å². The molecule has 0 unspecified atom stereocenters. The Balaban J connectivity index is 0.916. The molecule has 0 radical (unpaired) electrons. The van der Waals surface area contributed by atoms with Gasteiger partial charge in [0.25, 0.3) is 0 Å². The fourth-order valence-corrected chi connectivity index (χ4v) is 15.5. The van der Waals surface area contributed by atoms with Crippen molar-refractivity contribution >= 4 is 78.2 Å². The van der Waals surface area contributed by atoms with Gasteiger partial charge in [-0.1, -0.05) is 231 Å². The van der Waals surface area contributed by atoms with E-state index in [4.69, 9.17) is 0 Å². The van der Waals surface area contributed by atoms with E-state index in [9.17, 15) is 4.39 Å². The second kappa shape index (κ2) is 17.9. The van der Waals surface area contributed by atoms with Crippen molar-refractivity contribution in [1.29, 1.82) is 0 Å². The van der Waals surface area contributed by atoms with E-state index in [1.807, 2.05) is 12.1 Å². The van der Waals surface area contributed by atoms with E-state index in [1.54, 1.807) is 0 Å². The predicted octanol–water partition coefficient (Wildman–Crippen LogP) is 15.1. The Morgan fingerprint density at radius 2 is 0.609 bits per heavy atom. The molecule has 326 valence electrons. The lowest BCUT2D eigenvalue weighted by atomic mass is 9.84. The molecule has 0 spiro atoms. The number of benzene rings is 12. The second-order valence-electron chi connectivity index (χ2n) is 17.7. The van der Waals surface area contributed by atoms with Crippen LogP contribution in [0, 0.1) is 5.82 Å². The minimum absolute atomic E-state index is 0.265. The molecule has 12 rings (SSSR count). The van der Waals surface area contributed by atoms with Crippen molar-refractivity contribution in [3.8, 4) is 33.4 Å². The van der Waals surface area contributed by atoms with Crippen LogP contribution in [0.4, 0.5) is 21.5 Å². The molecule has 0 aliphatic heterocycles. The average Bonchev–Trinajstić information content (AvgIpc) is 3.42. The zero-order valence-corrected chi connectivity index (χ0v) is 38.9. The molecular formula is C66H46FNSi. The van der Waals surface area contributed by atoms with Crippen LogP contribution in [0.25, 0.3) is 65.7 Å². The molecule has 0 aliphatic rings. The summed E-state index contributed by atoms with van der Waals surface area (Å²) in [6, 6.07) is 99.6. The maximum absolute atomic E-state index is 14.5. The maximum atomic E-state index is 14.5. The molecule has 0 amide bonds. The van der Waals surface area contributed by atoms with Crippen LogP contribution in [0.1, 0.15) is 0 Å². The summed E-state index contributed by atoms with van der Waals surface area (Å²) in [5, 5.41) is 12.7. The third-order valence-corrected chi connectivity index (χ3v) is 18.7. The van der Waals surface area contributed by atoms with Gasteiger partial charge < -0.3 is 4.90 Å². The molecule has 0 saturated carbocycles. The second-order valence-corrected chi connectivity index (χ2v) is 21.5. The first kappa shape index (κ1) is 41.8. The third kappa shape index (κ3) is 7.41. The summed E-state index contributed by atoms with van der Waals surface area (Å²) in [6.45, 7) is 0. The number of rotatable bonds is 10. The van der Waals surface area contributed by atoms with Gasteiger partial charge in [-0.25, -0.2) is 4.39 Å². The molecule has 69 heavy (non-hydrogen) atoms. The highest BCUT2D eigenvalue weighted by atomic mass is 28.3. The van der Waals surface area contributed by atoms with Gasteiger partial charge in [-0.2, -0.15) is 0 Å². The molecule has 0 aromatic heterocycles. The zero-order valence-electron chi connectivity index (χ0n) is 37.9.